The molecule has 1 spiro atoms. The Balaban J connectivity index is 1.51. The van der Waals surface area contributed by atoms with Gasteiger partial charge in [-0.15, -0.1) is 0 Å². The van der Waals surface area contributed by atoms with E-state index in [1.165, 1.54) is 0 Å². The van der Waals surface area contributed by atoms with Crippen LogP contribution in [-0.4, -0.2) is 77.2 Å². The first-order valence-electron chi connectivity index (χ1n) is 7.89. The monoisotopic (exact) mass is 323 g/mol. The van der Waals surface area contributed by atoms with Gasteiger partial charge in [0.2, 0.25) is 0 Å². The van der Waals surface area contributed by atoms with Gasteiger partial charge in [-0.05, 0) is 20.5 Å². The second-order valence-corrected chi connectivity index (χ2v) is 7.64. The zero-order chi connectivity index (χ0) is 15.5. The van der Waals surface area contributed by atoms with Crippen LogP contribution in [0.5, 0.6) is 0 Å². The summed E-state index contributed by atoms with van der Waals surface area (Å²) in [6.45, 7) is 6.49. The summed E-state index contributed by atoms with van der Waals surface area (Å²) in [5.41, 5.74) is 1.76. The average Bonchev–Trinajstić information content (AvgIpc) is 2.59. The Labute approximate surface area is 135 Å². The van der Waals surface area contributed by atoms with Gasteiger partial charge >= 0.3 is 0 Å². The van der Waals surface area contributed by atoms with Crippen molar-refractivity contribution >= 4 is 17.5 Å². The van der Waals surface area contributed by atoms with Crippen molar-refractivity contribution < 1.29 is 4.79 Å². The second kappa shape index (κ2) is 4.94. The smallest absolute Gasteiger partial charge is 0.275 e. The third-order valence-corrected chi connectivity index (χ3v) is 5.47. The maximum Gasteiger partial charge on any atom is 0.275 e. The highest BCUT2D eigenvalue weighted by molar-refractivity contribution is 6.34. The summed E-state index contributed by atoms with van der Waals surface area (Å²) in [6, 6.07) is 0. The Morgan fingerprint density at radius 2 is 1.86 bits per heavy atom. The molecule has 1 aromatic heterocycles. The normalized spacial score (nSPS) is 24.6. The van der Waals surface area contributed by atoms with E-state index < -0.39 is 0 Å². The van der Waals surface area contributed by atoms with E-state index in [0.29, 0.717) is 16.1 Å². The van der Waals surface area contributed by atoms with Gasteiger partial charge in [-0.2, -0.15) is 5.10 Å². The molecule has 3 aliphatic heterocycles. The molecule has 0 saturated carbocycles. The van der Waals surface area contributed by atoms with Gasteiger partial charge in [0.25, 0.3) is 5.91 Å². The van der Waals surface area contributed by atoms with Crippen molar-refractivity contribution in [1.82, 2.24) is 24.5 Å². The van der Waals surface area contributed by atoms with Crippen LogP contribution in [0.2, 0.25) is 5.02 Å². The average molecular weight is 324 g/mol. The van der Waals surface area contributed by atoms with Crippen molar-refractivity contribution in [3.8, 4) is 0 Å². The predicted octanol–water partition coefficient (Wildman–Crippen LogP) is 0.760. The van der Waals surface area contributed by atoms with Crippen LogP contribution in [0.4, 0.5) is 0 Å². The van der Waals surface area contributed by atoms with Crippen LogP contribution in [-0.2, 0) is 13.1 Å². The maximum atomic E-state index is 12.7. The highest BCUT2D eigenvalue weighted by atomic mass is 35.5. The molecule has 4 rings (SSSR count). The van der Waals surface area contributed by atoms with Crippen LogP contribution in [0.25, 0.3) is 0 Å². The molecule has 4 heterocycles. The summed E-state index contributed by atoms with van der Waals surface area (Å²) in [6.07, 6.45) is 1.04. The van der Waals surface area contributed by atoms with Gasteiger partial charge in [-0.25, -0.2) is 0 Å². The molecule has 2 saturated heterocycles. The second-order valence-electron chi connectivity index (χ2n) is 7.26. The fraction of sp³-hybridized carbons (Fsp3) is 0.733. The zero-order valence-electron chi connectivity index (χ0n) is 13.2. The number of aryl methyl sites for hydroxylation is 1. The third-order valence-electron chi connectivity index (χ3n) is 5.08. The van der Waals surface area contributed by atoms with Gasteiger partial charge in [0, 0.05) is 51.2 Å². The van der Waals surface area contributed by atoms with Crippen molar-refractivity contribution in [2.45, 2.75) is 19.5 Å². The minimum absolute atomic E-state index is 0.00611. The first-order chi connectivity index (χ1) is 10.5. The Hall–Kier alpha value is -1.11. The van der Waals surface area contributed by atoms with E-state index in [-0.39, 0.29) is 5.91 Å². The molecule has 0 bridgehead atoms. The van der Waals surface area contributed by atoms with E-state index in [9.17, 15) is 4.79 Å². The van der Waals surface area contributed by atoms with Gasteiger partial charge in [-0.1, -0.05) is 11.6 Å². The molecule has 0 atom stereocenters. The first kappa shape index (κ1) is 14.5. The molecule has 120 valence electrons. The highest BCUT2D eigenvalue weighted by Gasteiger charge is 2.52. The number of nitrogens with zero attached hydrogens (tertiary/aromatic N) is 5. The summed E-state index contributed by atoms with van der Waals surface area (Å²) in [5, 5.41) is 5.06. The Morgan fingerprint density at radius 1 is 1.14 bits per heavy atom. The van der Waals surface area contributed by atoms with Crippen LogP contribution in [0.3, 0.4) is 0 Å². The van der Waals surface area contributed by atoms with E-state index in [2.05, 4.69) is 29.0 Å². The van der Waals surface area contributed by atoms with E-state index in [1.807, 2.05) is 9.58 Å². The van der Waals surface area contributed by atoms with Crippen molar-refractivity contribution in [3.05, 3.63) is 16.4 Å². The minimum Gasteiger partial charge on any atom is -0.336 e. The molecule has 1 amide bonds. The molecule has 3 aliphatic rings. The number of aromatic nitrogens is 2. The molecule has 7 heteroatoms. The lowest BCUT2D eigenvalue weighted by Crippen LogP contribution is -2.72. The molecular formula is C15H22ClN5O. The molecule has 1 aromatic rings. The topological polar surface area (TPSA) is 44.6 Å². The maximum absolute atomic E-state index is 12.7. The van der Waals surface area contributed by atoms with Gasteiger partial charge in [-0.3, -0.25) is 9.48 Å². The van der Waals surface area contributed by atoms with E-state index in [4.69, 9.17) is 11.6 Å². The van der Waals surface area contributed by atoms with Crippen LogP contribution in [0.1, 0.15) is 22.6 Å². The largest absolute Gasteiger partial charge is 0.336 e. The van der Waals surface area contributed by atoms with Gasteiger partial charge in [0.15, 0.2) is 5.69 Å². The van der Waals surface area contributed by atoms with Crippen LogP contribution in [0, 0.1) is 5.41 Å². The summed E-state index contributed by atoms with van der Waals surface area (Å²) < 4.78 is 1.92. The molecule has 6 nitrogen and oxygen atoms in total. The minimum atomic E-state index is -0.00611. The first-order valence-corrected chi connectivity index (χ1v) is 8.27. The number of carbonyl (C=O) groups excluding carboxylic acids is 1. The lowest BCUT2D eigenvalue weighted by atomic mass is 9.73. The van der Waals surface area contributed by atoms with Crippen LogP contribution in [0.15, 0.2) is 0 Å². The van der Waals surface area contributed by atoms with Crippen molar-refractivity contribution in [3.63, 3.8) is 0 Å². The molecule has 0 N–H and O–H groups in total. The Bertz CT molecular complexity index is 614. The number of hydrogen-bond donors (Lipinski definition) is 0. The third kappa shape index (κ3) is 2.16. The molecule has 0 aromatic carbocycles. The summed E-state index contributed by atoms with van der Waals surface area (Å²) in [7, 11) is 4.20. The highest BCUT2D eigenvalue weighted by Crippen LogP contribution is 2.39. The predicted molar refractivity (Wildman–Crippen MR) is 84.0 cm³/mol. The number of amides is 1. The van der Waals surface area contributed by atoms with E-state index >= 15 is 0 Å². The number of fused-ring (bicyclic) bond motifs is 1. The zero-order valence-corrected chi connectivity index (χ0v) is 13.9. The number of likely N-dealkylation sites (tertiary alicyclic amines) is 2. The summed E-state index contributed by atoms with van der Waals surface area (Å²) in [5.74, 6) is -0.00611. The molecule has 0 aliphatic carbocycles. The van der Waals surface area contributed by atoms with Gasteiger partial charge in [0.1, 0.15) is 0 Å². The molecular weight excluding hydrogens is 302 g/mol. The van der Waals surface area contributed by atoms with E-state index in [0.717, 1.165) is 57.9 Å². The van der Waals surface area contributed by atoms with E-state index in [1.54, 1.807) is 0 Å². The summed E-state index contributed by atoms with van der Waals surface area (Å²) >= 11 is 6.48. The number of rotatable bonds is 1. The fourth-order valence-corrected chi connectivity index (χ4v) is 4.40. The molecule has 0 unspecified atom stereocenters. The SMILES string of the molecule is CN1CCCn2nc(C(=O)N3CC4(CN(C)C4)C3)c(Cl)c2C1. The number of hydrogen-bond acceptors (Lipinski definition) is 4. The lowest BCUT2D eigenvalue weighted by Gasteiger charge is -2.59. The molecule has 2 fully saturated rings. The van der Waals surface area contributed by atoms with Crippen LogP contribution >= 0.6 is 11.6 Å². The van der Waals surface area contributed by atoms with Crippen LogP contribution < -0.4 is 0 Å². The standard InChI is InChI=1S/C15H22ClN5O/c1-18-4-3-5-21-11(6-18)12(16)13(17-21)14(22)20-9-15(10-20)7-19(2)8-15/h3-10H2,1-2H3. The Kier molecular flexibility index (Phi) is 3.25. The number of carbonyl (C=O) groups is 1. The quantitative estimate of drug-likeness (QED) is 0.765. The van der Waals surface area contributed by atoms with Gasteiger partial charge in [0.05, 0.1) is 10.7 Å². The Morgan fingerprint density at radius 3 is 2.55 bits per heavy atom. The lowest BCUT2D eigenvalue weighted by molar-refractivity contribution is -0.0873. The fourth-order valence-electron chi connectivity index (χ4n) is 4.13. The van der Waals surface area contributed by atoms with Crippen molar-refractivity contribution in [2.24, 2.45) is 5.41 Å². The summed E-state index contributed by atoms with van der Waals surface area (Å²) in [4.78, 5) is 19.1. The molecule has 0 radical (unpaired) electrons. The van der Waals surface area contributed by atoms with Gasteiger partial charge < -0.3 is 14.7 Å². The van der Waals surface area contributed by atoms with Crippen molar-refractivity contribution in [2.75, 3.05) is 46.8 Å². The number of halogens is 1. The van der Waals surface area contributed by atoms with Crippen molar-refractivity contribution in [1.29, 1.82) is 0 Å². The molecule has 22 heavy (non-hydrogen) atoms.